The number of nitrogens with zero attached hydrogens (tertiary/aromatic N) is 1. The summed E-state index contributed by atoms with van der Waals surface area (Å²) in [6, 6.07) is 10.5. The lowest BCUT2D eigenvalue weighted by atomic mass is 10.0. The highest BCUT2D eigenvalue weighted by Gasteiger charge is 2.09. The van der Waals surface area contributed by atoms with Crippen molar-refractivity contribution >= 4 is 11.6 Å². The molecule has 1 heterocycles. The van der Waals surface area contributed by atoms with Crippen LogP contribution in [-0.2, 0) is 6.42 Å². The number of rotatable bonds is 3. The van der Waals surface area contributed by atoms with E-state index in [4.69, 9.17) is 11.6 Å². The maximum atomic E-state index is 6.46. The molecule has 88 valence electrons. The maximum absolute atomic E-state index is 6.46. The lowest BCUT2D eigenvalue weighted by Gasteiger charge is -2.11. The van der Waals surface area contributed by atoms with Gasteiger partial charge in [-0.25, -0.2) is 0 Å². The van der Waals surface area contributed by atoms with Crippen molar-refractivity contribution in [1.82, 2.24) is 4.98 Å². The van der Waals surface area contributed by atoms with Crippen LogP contribution in [0.5, 0.6) is 0 Å². The van der Waals surface area contributed by atoms with E-state index in [0.717, 1.165) is 6.42 Å². The molecule has 0 aliphatic heterocycles. The first-order chi connectivity index (χ1) is 8.15. The minimum Gasteiger partial charge on any atom is -0.265 e. The number of aryl methyl sites for hydroxylation is 2. The first-order valence-corrected chi connectivity index (χ1v) is 6.20. The molecule has 2 heteroatoms. The fraction of sp³-hybridized carbons (Fsp3) is 0.267. The van der Waals surface area contributed by atoms with Crippen molar-refractivity contribution in [2.45, 2.75) is 25.6 Å². The molecule has 0 radical (unpaired) electrons. The van der Waals surface area contributed by atoms with Gasteiger partial charge < -0.3 is 0 Å². The Kier molecular flexibility index (Phi) is 3.80. The van der Waals surface area contributed by atoms with Crippen molar-refractivity contribution in [3.8, 4) is 0 Å². The number of benzene rings is 1. The topological polar surface area (TPSA) is 12.9 Å². The van der Waals surface area contributed by atoms with Crippen LogP contribution in [0.1, 0.15) is 27.6 Å². The van der Waals surface area contributed by atoms with Crippen molar-refractivity contribution in [3.63, 3.8) is 0 Å². The summed E-state index contributed by atoms with van der Waals surface area (Å²) in [5.74, 6) is 0. The van der Waals surface area contributed by atoms with Gasteiger partial charge in [-0.1, -0.05) is 29.3 Å². The first-order valence-electron chi connectivity index (χ1n) is 5.76. The third-order valence-corrected chi connectivity index (χ3v) is 3.18. The third-order valence-electron chi connectivity index (χ3n) is 2.77. The predicted octanol–water partition coefficient (Wildman–Crippen LogP) is 4.22. The van der Waals surface area contributed by atoms with Crippen molar-refractivity contribution in [3.05, 3.63) is 65.0 Å². The molecule has 0 aliphatic rings. The number of alkyl halides is 1. The molecule has 0 fully saturated rings. The Labute approximate surface area is 107 Å². The predicted molar refractivity (Wildman–Crippen MR) is 72.5 cm³/mol. The van der Waals surface area contributed by atoms with Crippen molar-refractivity contribution < 1.29 is 0 Å². The van der Waals surface area contributed by atoms with E-state index in [1.165, 1.54) is 22.3 Å². The standard InChI is InChI=1S/C15H16ClN/c1-11-7-12(2)9-14(8-11)15(16)10-13-3-5-17-6-4-13/h3-9,15H,10H2,1-2H3. The molecule has 0 bridgehead atoms. The van der Waals surface area contributed by atoms with E-state index in [1.54, 1.807) is 12.4 Å². The van der Waals surface area contributed by atoms with Gasteiger partial charge in [-0.15, -0.1) is 11.6 Å². The van der Waals surface area contributed by atoms with Gasteiger partial charge in [0.25, 0.3) is 0 Å². The number of halogens is 1. The summed E-state index contributed by atoms with van der Waals surface area (Å²) in [7, 11) is 0. The van der Waals surface area contributed by atoms with E-state index in [1.807, 2.05) is 12.1 Å². The fourth-order valence-corrected chi connectivity index (χ4v) is 2.34. The molecule has 0 aliphatic carbocycles. The molecule has 1 atom stereocenters. The number of aromatic nitrogens is 1. The van der Waals surface area contributed by atoms with Gasteiger partial charge in [0.05, 0.1) is 5.38 Å². The average Bonchev–Trinajstić information content (AvgIpc) is 2.29. The molecule has 1 aromatic carbocycles. The highest BCUT2D eigenvalue weighted by atomic mass is 35.5. The Bertz CT molecular complexity index is 473. The van der Waals surface area contributed by atoms with Crippen LogP contribution < -0.4 is 0 Å². The highest BCUT2D eigenvalue weighted by Crippen LogP contribution is 2.26. The molecule has 17 heavy (non-hydrogen) atoms. The summed E-state index contributed by atoms with van der Waals surface area (Å²) in [5.41, 5.74) is 4.95. The van der Waals surface area contributed by atoms with Crippen LogP contribution in [0.25, 0.3) is 0 Å². The SMILES string of the molecule is Cc1cc(C)cc(C(Cl)Cc2ccncc2)c1. The smallest absolute Gasteiger partial charge is 0.0625 e. The van der Waals surface area contributed by atoms with E-state index < -0.39 is 0 Å². The zero-order valence-corrected chi connectivity index (χ0v) is 10.9. The third kappa shape index (κ3) is 3.31. The zero-order chi connectivity index (χ0) is 12.3. The summed E-state index contributed by atoms with van der Waals surface area (Å²) in [6.45, 7) is 4.21. The van der Waals surface area contributed by atoms with Gasteiger partial charge in [-0.05, 0) is 43.5 Å². The molecule has 1 unspecified atom stereocenters. The molecular formula is C15H16ClN. The van der Waals surface area contributed by atoms with Crippen LogP contribution in [0, 0.1) is 13.8 Å². The minimum absolute atomic E-state index is 0.0241. The Morgan fingerprint density at radius 3 is 2.24 bits per heavy atom. The Hall–Kier alpha value is -1.34. The van der Waals surface area contributed by atoms with Crippen LogP contribution >= 0.6 is 11.6 Å². The van der Waals surface area contributed by atoms with Crippen LogP contribution in [-0.4, -0.2) is 4.98 Å². The molecule has 0 saturated carbocycles. The van der Waals surface area contributed by atoms with E-state index in [0.29, 0.717) is 0 Å². The molecule has 0 amide bonds. The summed E-state index contributed by atoms with van der Waals surface area (Å²) in [5, 5.41) is 0.0241. The van der Waals surface area contributed by atoms with Crippen molar-refractivity contribution in [1.29, 1.82) is 0 Å². The monoisotopic (exact) mass is 245 g/mol. The quantitative estimate of drug-likeness (QED) is 0.738. The number of pyridine rings is 1. The van der Waals surface area contributed by atoms with E-state index >= 15 is 0 Å². The molecule has 0 N–H and O–H groups in total. The number of hydrogen-bond acceptors (Lipinski definition) is 1. The molecule has 1 nitrogen and oxygen atoms in total. The van der Waals surface area contributed by atoms with Gasteiger partial charge in [-0.2, -0.15) is 0 Å². The second-order valence-electron chi connectivity index (χ2n) is 4.45. The van der Waals surface area contributed by atoms with Crippen LogP contribution in [0.3, 0.4) is 0 Å². The van der Waals surface area contributed by atoms with Gasteiger partial charge in [0.2, 0.25) is 0 Å². The summed E-state index contributed by atoms with van der Waals surface area (Å²) in [4.78, 5) is 4.01. The van der Waals surface area contributed by atoms with Gasteiger partial charge >= 0.3 is 0 Å². The summed E-state index contributed by atoms with van der Waals surface area (Å²) in [6.07, 6.45) is 4.45. The summed E-state index contributed by atoms with van der Waals surface area (Å²) < 4.78 is 0. The van der Waals surface area contributed by atoms with Gasteiger partial charge in [0.15, 0.2) is 0 Å². The molecular weight excluding hydrogens is 230 g/mol. The van der Waals surface area contributed by atoms with Gasteiger partial charge in [-0.3, -0.25) is 4.98 Å². The van der Waals surface area contributed by atoms with Gasteiger partial charge in [0.1, 0.15) is 0 Å². The first kappa shape index (κ1) is 12.1. The minimum atomic E-state index is 0.0241. The van der Waals surface area contributed by atoms with Crippen molar-refractivity contribution in [2.24, 2.45) is 0 Å². The second kappa shape index (κ2) is 5.33. The molecule has 0 spiro atoms. The lowest BCUT2D eigenvalue weighted by Crippen LogP contribution is -1.97. The van der Waals surface area contributed by atoms with E-state index in [9.17, 15) is 0 Å². The molecule has 1 aromatic heterocycles. The average molecular weight is 246 g/mol. The highest BCUT2D eigenvalue weighted by molar-refractivity contribution is 6.20. The van der Waals surface area contributed by atoms with E-state index in [-0.39, 0.29) is 5.38 Å². The van der Waals surface area contributed by atoms with Gasteiger partial charge in [0, 0.05) is 12.4 Å². The number of hydrogen-bond donors (Lipinski definition) is 0. The fourth-order valence-electron chi connectivity index (χ4n) is 2.03. The van der Waals surface area contributed by atoms with Crippen LogP contribution in [0.2, 0.25) is 0 Å². The molecule has 0 saturated heterocycles. The Balaban J connectivity index is 2.17. The normalized spacial score (nSPS) is 12.4. The van der Waals surface area contributed by atoms with E-state index in [2.05, 4.69) is 37.0 Å². The second-order valence-corrected chi connectivity index (χ2v) is 4.97. The largest absolute Gasteiger partial charge is 0.265 e. The molecule has 2 aromatic rings. The Morgan fingerprint density at radius 2 is 1.65 bits per heavy atom. The Morgan fingerprint density at radius 1 is 1.06 bits per heavy atom. The molecule has 2 rings (SSSR count). The summed E-state index contributed by atoms with van der Waals surface area (Å²) >= 11 is 6.46. The lowest BCUT2D eigenvalue weighted by molar-refractivity contribution is 0.912. The maximum Gasteiger partial charge on any atom is 0.0625 e. The van der Waals surface area contributed by atoms with Crippen LogP contribution in [0.15, 0.2) is 42.7 Å². The van der Waals surface area contributed by atoms with Crippen LogP contribution in [0.4, 0.5) is 0 Å². The zero-order valence-electron chi connectivity index (χ0n) is 10.2. The van der Waals surface area contributed by atoms with Crippen molar-refractivity contribution in [2.75, 3.05) is 0 Å².